The molecule has 1 N–H and O–H groups in total. The van der Waals surface area contributed by atoms with Crippen LogP contribution in [0.1, 0.15) is 18.9 Å². The maximum atomic E-state index is 11.8. The first-order chi connectivity index (χ1) is 6.83. The third-order valence-corrected chi connectivity index (χ3v) is 3.05. The lowest BCUT2D eigenvalue weighted by atomic mass is 10.6. The molecule has 0 unspecified atom stereocenters. The standard InChI is InChI=1S/C9H12N2O2S/c12-5-6-14-8-9(13)11(4-3-10-8)7-1-2-7/h3-4,7,12H,1-2,5-6H2. The molecule has 76 valence electrons. The highest BCUT2D eigenvalue weighted by atomic mass is 32.2. The smallest absolute Gasteiger partial charge is 0.283 e. The zero-order valence-corrected chi connectivity index (χ0v) is 8.54. The summed E-state index contributed by atoms with van der Waals surface area (Å²) >= 11 is 1.31. The zero-order chi connectivity index (χ0) is 9.97. The second-order valence-corrected chi connectivity index (χ2v) is 4.33. The van der Waals surface area contributed by atoms with E-state index in [-0.39, 0.29) is 12.2 Å². The summed E-state index contributed by atoms with van der Waals surface area (Å²) in [5, 5.41) is 9.15. The van der Waals surface area contributed by atoms with Crippen LogP contribution in [0, 0.1) is 0 Å². The quantitative estimate of drug-likeness (QED) is 0.745. The SMILES string of the molecule is O=c1c(SCCO)nccn1C1CC1. The molecule has 1 aromatic heterocycles. The molecule has 1 aromatic rings. The minimum Gasteiger partial charge on any atom is -0.396 e. The van der Waals surface area contributed by atoms with Crippen molar-refractivity contribution in [2.45, 2.75) is 23.9 Å². The van der Waals surface area contributed by atoms with Crippen LogP contribution in [-0.2, 0) is 0 Å². The van der Waals surface area contributed by atoms with Crippen molar-refractivity contribution in [3.05, 3.63) is 22.7 Å². The van der Waals surface area contributed by atoms with Gasteiger partial charge < -0.3 is 9.67 Å². The molecule has 1 aliphatic rings. The van der Waals surface area contributed by atoms with Gasteiger partial charge in [-0.25, -0.2) is 4.98 Å². The normalized spacial score (nSPS) is 15.8. The number of hydrogen-bond donors (Lipinski definition) is 1. The van der Waals surface area contributed by atoms with Gasteiger partial charge in [0.2, 0.25) is 0 Å². The minimum absolute atomic E-state index is 0.0200. The van der Waals surface area contributed by atoms with E-state index in [4.69, 9.17) is 5.11 Å². The Hall–Kier alpha value is -0.810. The molecule has 1 aliphatic carbocycles. The summed E-state index contributed by atoms with van der Waals surface area (Å²) in [6.45, 7) is 0.0735. The van der Waals surface area contributed by atoms with Crippen molar-refractivity contribution < 1.29 is 5.11 Å². The van der Waals surface area contributed by atoms with Gasteiger partial charge >= 0.3 is 0 Å². The third kappa shape index (κ3) is 1.99. The maximum absolute atomic E-state index is 11.8. The van der Waals surface area contributed by atoms with Crippen LogP contribution in [0.4, 0.5) is 0 Å². The summed E-state index contributed by atoms with van der Waals surface area (Å²) in [6.07, 6.45) is 5.57. The minimum atomic E-state index is -0.0200. The number of hydrogen-bond acceptors (Lipinski definition) is 4. The molecule has 1 heterocycles. The highest BCUT2D eigenvalue weighted by molar-refractivity contribution is 7.99. The number of nitrogens with zero attached hydrogens (tertiary/aromatic N) is 2. The first-order valence-corrected chi connectivity index (χ1v) is 5.62. The number of thioether (sulfide) groups is 1. The fraction of sp³-hybridized carbons (Fsp3) is 0.556. The molecule has 0 radical (unpaired) electrons. The highest BCUT2D eigenvalue weighted by Crippen LogP contribution is 2.33. The molecule has 0 atom stereocenters. The van der Waals surface area contributed by atoms with Crippen molar-refractivity contribution in [2.24, 2.45) is 0 Å². The van der Waals surface area contributed by atoms with Crippen LogP contribution in [0.25, 0.3) is 0 Å². The van der Waals surface area contributed by atoms with E-state index in [0.717, 1.165) is 12.8 Å². The van der Waals surface area contributed by atoms with Gasteiger partial charge in [-0.2, -0.15) is 0 Å². The molecule has 1 fully saturated rings. The number of aliphatic hydroxyl groups excluding tert-OH is 1. The van der Waals surface area contributed by atoms with Gasteiger partial charge in [0.25, 0.3) is 5.56 Å². The van der Waals surface area contributed by atoms with Gasteiger partial charge in [0.1, 0.15) is 0 Å². The van der Waals surface area contributed by atoms with Crippen LogP contribution in [0.15, 0.2) is 22.2 Å². The van der Waals surface area contributed by atoms with Crippen molar-refractivity contribution in [3.8, 4) is 0 Å². The van der Waals surface area contributed by atoms with Crippen LogP contribution >= 0.6 is 11.8 Å². The van der Waals surface area contributed by atoms with Crippen molar-refractivity contribution >= 4 is 11.8 Å². The molecule has 0 amide bonds. The van der Waals surface area contributed by atoms with Gasteiger partial charge in [0.15, 0.2) is 5.03 Å². The second-order valence-electron chi connectivity index (χ2n) is 3.25. The topological polar surface area (TPSA) is 55.1 Å². The first kappa shape index (κ1) is 9.73. The Morgan fingerprint density at radius 1 is 1.64 bits per heavy atom. The van der Waals surface area contributed by atoms with E-state index < -0.39 is 0 Å². The van der Waals surface area contributed by atoms with E-state index in [1.807, 2.05) is 0 Å². The van der Waals surface area contributed by atoms with Gasteiger partial charge in [-0.1, -0.05) is 11.8 Å². The number of aromatic nitrogens is 2. The van der Waals surface area contributed by atoms with Crippen molar-refractivity contribution in [1.82, 2.24) is 9.55 Å². The zero-order valence-electron chi connectivity index (χ0n) is 7.72. The Morgan fingerprint density at radius 2 is 2.43 bits per heavy atom. The Morgan fingerprint density at radius 3 is 3.07 bits per heavy atom. The summed E-state index contributed by atoms with van der Waals surface area (Å²) in [5.41, 5.74) is -0.0200. The van der Waals surface area contributed by atoms with E-state index >= 15 is 0 Å². The fourth-order valence-corrected chi connectivity index (χ4v) is 1.94. The van der Waals surface area contributed by atoms with Crippen LogP contribution < -0.4 is 5.56 Å². The second kappa shape index (κ2) is 4.14. The predicted molar refractivity (Wildman–Crippen MR) is 54.6 cm³/mol. The Kier molecular flexibility index (Phi) is 2.88. The van der Waals surface area contributed by atoms with Gasteiger partial charge in [-0.15, -0.1) is 0 Å². The average Bonchev–Trinajstić information content (AvgIpc) is 3.00. The molecular formula is C9H12N2O2S. The molecule has 0 spiro atoms. The lowest BCUT2D eigenvalue weighted by molar-refractivity contribution is 0.322. The summed E-state index contributed by atoms with van der Waals surface area (Å²) in [4.78, 5) is 15.8. The van der Waals surface area contributed by atoms with E-state index in [2.05, 4.69) is 4.98 Å². The third-order valence-electron chi connectivity index (χ3n) is 2.11. The van der Waals surface area contributed by atoms with Gasteiger partial charge in [-0.05, 0) is 12.8 Å². The van der Waals surface area contributed by atoms with Gasteiger partial charge in [-0.3, -0.25) is 4.79 Å². The molecule has 0 aromatic carbocycles. The summed E-state index contributed by atoms with van der Waals surface area (Å²) < 4.78 is 1.74. The Bertz CT molecular complexity index is 373. The summed E-state index contributed by atoms with van der Waals surface area (Å²) in [6, 6.07) is 0.388. The molecule has 0 aliphatic heterocycles. The lowest BCUT2D eigenvalue weighted by Gasteiger charge is -2.04. The van der Waals surface area contributed by atoms with Gasteiger partial charge in [0.05, 0.1) is 6.61 Å². The van der Waals surface area contributed by atoms with Gasteiger partial charge in [0, 0.05) is 24.2 Å². The first-order valence-electron chi connectivity index (χ1n) is 4.63. The molecule has 0 bridgehead atoms. The molecule has 1 saturated carbocycles. The largest absolute Gasteiger partial charge is 0.396 e. The fourth-order valence-electron chi connectivity index (χ4n) is 1.29. The molecule has 0 saturated heterocycles. The maximum Gasteiger partial charge on any atom is 0.283 e. The molecule has 2 rings (SSSR count). The number of aliphatic hydroxyl groups is 1. The van der Waals surface area contributed by atoms with Crippen LogP contribution in [0.5, 0.6) is 0 Å². The summed E-state index contributed by atoms with van der Waals surface area (Å²) in [7, 11) is 0. The van der Waals surface area contributed by atoms with E-state index in [1.54, 1.807) is 17.0 Å². The van der Waals surface area contributed by atoms with Crippen molar-refractivity contribution in [1.29, 1.82) is 0 Å². The van der Waals surface area contributed by atoms with Crippen molar-refractivity contribution in [3.63, 3.8) is 0 Å². The van der Waals surface area contributed by atoms with E-state index in [1.165, 1.54) is 11.8 Å². The molecule has 4 nitrogen and oxygen atoms in total. The predicted octanol–water partition coefficient (Wildman–Crippen LogP) is 0.663. The Labute approximate surface area is 86.0 Å². The van der Waals surface area contributed by atoms with Crippen LogP contribution in [0.2, 0.25) is 0 Å². The highest BCUT2D eigenvalue weighted by Gasteiger charge is 2.25. The lowest BCUT2D eigenvalue weighted by Crippen LogP contribution is -2.21. The molecule has 5 heteroatoms. The van der Waals surface area contributed by atoms with Crippen molar-refractivity contribution in [2.75, 3.05) is 12.4 Å². The van der Waals surface area contributed by atoms with E-state index in [9.17, 15) is 4.79 Å². The van der Waals surface area contributed by atoms with E-state index in [0.29, 0.717) is 16.8 Å². The molecule has 14 heavy (non-hydrogen) atoms. The number of rotatable bonds is 4. The molecular weight excluding hydrogens is 200 g/mol. The summed E-state index contributed by atoms with van der Waals surface area (Å²) in [5.74, 6) is 0.525. The monoisotopic (exact) mass is 212 g/mol. The van der Waals surface area contributed by atoms with Crippen LogP contribution in [-0.4, -0.2) is 27.0 Å². The Balaban J connectivity index is 2.22. The van der Waals surface area contributed by atoms with Crippen LogP contribution in [0.3, 0.4) is 0 Å². The average molecular weight is 212 g/mol.